The Bertz CT molecular complexity index is 690. The molecule has 0 aliphatic heterocycles. The van der Waals surface area contributed by atoms with Crippen LogP contribution in [-0.4, -0.2) is 39.8 Å². The molecule has 4 N–H and O–H groups in total. The van der Waals surface area contributed by atoms with Crippen LogP contribution < -0.4 is 11.5 Å². The first kappa shape index (κ1) is 14.1. The maximum absolute atomic E-state index is 10.9. The van der Waals surface area contributed by atoms with E-state index in [9.17, 15) is 20.2 Å². The fourth-order valence-corrected chi connectivity index (χ4v) is 1.68. The zero-order valence-corrected chi connectivity index (χ0v) is 10.5. The van der Waals surface area contributed by atoms with Crippen LogP contribution in [0.1, 0.15) is 6.42 Å². The van der Waals surface area contributed by atoms with Gasteiger partial charge in [-0.25, -0.2) is 4.68 Å². The van der Waals surface area contributed by atoms with E-state index in [1.54, 1.807) is 0 Å². The third-order valence-corrected chi connectivity index (χ3v) is 2.59. The molecule has 0 atom stereocenters. The van der Waals surface area contributed by atoms with Crippen LogP contribution in [0.15, 0.2) is 0 Å². The minimum Gasteiger partial charge on any atom is -0.385 e. The van der Waals surface area contributed by atoms with E-state index in [4.69, 9.17) is 11.5 Å². The Kier molecular flexibility index (Phi) is 3.59. The Morgan fingerprint density at radius 2 is 1.76 bits per heavy atom. The van der Waals surface area contributed by atoms with Crippen molar-refractivity contribution >= 4 is 23.3 Å². The highest BCUT2D eigenvalue weighted by Crippen LogP contribution is 2.30. The lowest BCUT2D eigenvalue weighted by atomic mass is 10.4. The largest absolute Gasteiger partial charge is 0.443 e. The molecule has 2 rings (SSSR count). The average Bonchev–Trinajstić information content (AvgIpc) is 2.94. The molecule has 14 heteroatoms. The number of hydrogen-bond donors (Lipinski definition) is 2. The van der Waals surface area contributed by atoms with Gasteiger partial charge in [0, 0.05) is 6.42 Å². The van der Waals surface area contributed by atoms with E-state index >= 15 is 0 Å². The van der Waals surface area contributed by atoms with Crippen molar-refractivity contribution in [1.82, 2.24) is 30.0 Å². The molecule has 0 unspecified atom stereocenters. The molecule has 0 spiro atoms. The van der Waals surface area contributed by atoms with Gasteiger partial charge in [0.15, 0.2) is 5.10 Å². The number of aryl methyl sites for hydroxylation is 2. The molecule has 0 fully saturated rings. The molecule has 2 aromatic rings. The monoisotopic (exact) mass is 298 g/mol. The Balaban J connectivity index is 2.16. The van der Waals surface area contributed by atoms with Crippen LogP contribution in [0.5, 0.6) is 0 Å². The SMILES string of the molecule is Nc1c([N+](=O)[O-])nn(CCCn2nnnc2N)c1[N+](=O)[O-]. The Morgan fingerprint density at radius 1 is 1.10 bits per heavy atom. The van der Waals surface area contributed by atoms with E-state index in [0.29, 0.717) is 6.42 Å². The number of nitro groups is 2. The van der Waals surface area contributed by atoms with Crippen LogP contribution in [0.3, 0.4) is 0 Å². The topological polar surface area (TPSA) is 200 Å². The highest BCUT2D eigenvalue weighted by Gasteiger charge is 2.34. The van der Waals surface area contributed by atoms with E-state index in [1.165, 1.54) is 4.68 Å². The van der Waals surface area contributed by atoms with Gasteiger partial charge in [-0.2, -0.15) is 0 Å². The number of nitrogens with two attached hydrogens (primary N) is 2. The molecule has 14 nitrogen and oxygen atoms in total. The van der Waals surface area contributed by atoms with Crippen molar-refractivity contribution in [2.45, 2.75) is 19.5 Å². The molecule has 0 aliphatic rings. The van der Waals surface area contributed by atoms with Gasteiger partial charge in [0.25, 0.3) is 0 Å². The first-order chi connectivity index (χ1) is 9.91. The average molecular weight is 298 g/mol. The third kappa shape index (κ3) is 2.67. The second-order valence-corrected chi connectivity index (χ2v) is 3.91. The third-order valence-electron chi connectivity index (χ3n) is 2.59. The molecule has 2 heterocycles. The molecular formula is C7H10N10O4. The summed E-state index contributed by atoms with van der Waals surface area (Å²) < 4.78 is 2.15. The summed E-state index contributed by atoms with van der Waals surface area (Å²) in [6.45, 7) is 0.289. The minimum atomic E-state index is -0.877. The lowest BCUT2D eigenvalue weighted by molar-refractivity contribution is -0.393. The maximum atomic E-state index is 10.9. The number of hydrogen-bond acceptors (Lipinski definition) is 10. The van der Waals surface area contributed by atoms with Crippen molar-refractivity contribution in [3.63, 3.8) is 0 Å². The summed E-state index contributed by atoms with van der Waals surface area (Å²) in [5.74, 6) is -1.27. The number of aromatic nitrogens is 6. The molecule has 0 aromatic carbocycles. The fourth-order valence-electron chi connectivity index (χ4n) is 1.68. The van der Waals surface area contributed by atoms with Crippen molar-refractivity contribution in [1.29, 1.82) is 0 Å². The van der Waals surface area contributed by atoms with Crippen LogP contribution in [0.2, 0.25) is 0 Å². The molecule has 2 aromatic heterocycles. The highest BCUT2D eigenvalue weighted by molar-refractivity contribution is 5.65. The molecular weight excluding hydrogens is 288 g/mol. The van der Waals surface area contributed by atoms with Crippen molar-refractivity contribution in [3.05, 3.63) is 20.2 Å². The standard InChI is InChI=1S/C7H10N10O4/c8-4-5(16(18)19)11-14(6(4)17(20)21)2-1-3-15-7(9)10-12-13-15/h1-3,8H2,(H2,9,10,13). The predicted molar refractivity (Wildman–Crippen MR) is 66.8 cm³/mol. The van der Waals surface area contributed by atoms with Crippen LogP contribution in [0.4, 0.5) is 23.3 Å². The fraction of sp³-hybridized carbons (Fsp3) is 0.429. The van der Waals surface area contributed by atoms with Gasteiger partial charge >= 0.3 is 11.6 Å². The second-order valence-electron chi connectivity index (χ2n) is 3.91. The van der Waals surface area contributed by atoms with Crippen molar-refractivity contribution < 1.29 is 9.85 Å². The van der Waals surface area contributed by atoms with E-state index in [0.717, 1.165) is 4.68 Å². The van der Waals surface area contributed by atoms with Gasteiger partial charge in [-0.1, -0.05) is 5.10 Å². The first-order valence-electron chi connectivity index (χ1n) is 5.58. The van der Waals surface area contributed by atoms with Crippen molar-refractivity contribution in [3.8, 4) is 0 Å². The molecule has 0 radical (unpaired) electrons. The lowest BCUT2D eigenvalue weighted by Gasteiger charge is -1.99. The Morgan fingerprint density at radius 3 is 2.29 bits per heavy atom. The van der Waals surface area contributed by atoms with Gasteiger partial charge in [-0.3, -0.25) is 0 Å². The van der Waals surface area contributed by atoms with Gasteiger partial charge in [0.2, 0.25) is 11.6 Å². The zero-order valence-electron chi connectivity index (χ0n) is 10.5. The normalized spacial score (nSPS) is 10.7. The second kappa shape index (κ2) is 5.35. The number of anilines is 2. The molecule has 112 valence electrons. The van der Waals surface area contributed by atoms with Crippen LogP contribution >= 0.6 is 0 Å². The van der Waals surface area contributed by atoms with Gasteiger partial charge in [0.05, 0.1) is 6.54 Å². The Labute approximate surface area is 115 Å². The summed E-state index contributed by atoms with van der Waals surface area (Å²) >= 11 is 0. The number of nitrogen functional groups attached to an aromatic ring is 2. The molecule has 0 saturated carbocycles. The lowest BCUT2D eigenvalue weighted by Crippen LogP contribution is -2.11. The van der Waals surface area contributed by atoms with Gasteiger partial charge < -0.3 is 31.7 Å². The smallest absolute Gasteiger partial charge is 0.385 e. The van der Waals surface area contributed by atoms with Gasteiger partial charge in [0.1, 0.15) is 6.54 Å². The minimum absolute atomic E-state index is 0.0215. The molecule has 0 aliphatic carbocycles. The summed E-state index contributed by atoms with van der Waals surface area (Å²) in [5.41, 5.74) is 10.2. The molecule has 0 amide bonds. The first-order valence-corrected chi connectivity index (χ1v) is 5.58. The van der Waals surface area contributed by atoms with Crippen LogP contribution in [0, 0.1) is 20.2 Å². The summed E-state index contributed by atoms with van der Waals surface area (Å²) in [6, 6.07) is 0. The number of rotatable bonds is 6. The van der Waals surface area contributed by atoms with E-state index in [1.807, 2.05) is 0 Å². The van der Waals surface area contributed by atoms with E-state index in [-0.39, 0.29) is 19.0 Å². The molecule has 0 saturated heterocycles. The summed E-state index contributed by atoms with van der Waals surface area (Å²) in [4.78, 5) is 19.9. The summed E-state index contributed by atoms with van der Waals surface area (Å²) in [5, 5.41) is 35.5. The molecule has 21 heavy (non-hydrogen) atoms. The van der Waals surface area contributed by atoms with Gasteiger partial charge in [-0.05, 0) is 25.0 Å². The number of nitrogens with zero attached hydrogens (tertiary/aromatic N) is 8. The molecule has 0 bridgehead atoms. The predicted octanol–water partition coefficient (Wildman–Crippen LogP) is -1.06. The van der Waals surface area contributed by atoms with E-state index < -0.39 is 27.2 Å². The summed E-state index contributed by atoms with van der Waals surface area (Å²) in [7, 11) is 0. The van der Waals surface area contributed by atoms with Crippen LogP contribution in [-0.2, 0) is 13.1 Å². The zero-order chi connectivity index (χ0) is 15.6. The maximum Gasteiger partial charge on any atom is 0.443 e. The summed E-state index contributed by atoms with van der Waals surface area (Å²) in [6.07, 6.45) is 0.314. The number of tetrazole rings is 1. The van der Waals surface area contributed by atoms with Crippen LogP contribution in [0.25, 0.3) is 0 Å². The van der Waals surface area contributed by atoms with Crippen molar-refractivity contribution in [2.24, 2.45) is 0 Å². The highest BCUT2D eigenvalue weighted by atomic mass is 16.6. The quantitative estimate of drug-likeness (QED) is 0.488. The van der Waals surface area contributed by atoms with Crippen molar-refractivity contribution in [2.75, 3.05) is 11.5 Å². The Hall–Kier alpha value is -3.32. The van der Waals surface area contributed by atoms with E-state index in [2.05, 4.69) is 20.6 Å². The van der Waals surface area contributed by atoms with Gasteiger partial charge in [-0.15, -0.1) is 0 Å².